The summed E-state index contributed by atoms with van der Waals surface area (Å²) in [5.41, 5.74) is 1.23. The van der Waals surface area contributed by atoms with E-state index in [1.165, 1.54) is 17.9 Å². The van der Waals surface area contributed by atoms with Gasteiger partial charge < -0.3 is 0 Å². The van der Waals surface area contributed by atoms with Crippen LogP contribution in [0, 0.1) is 0 Å². The van der Waals surface area contributed by atoms with E-state index in [1.807, 2.05) is 17.8 Å². The number of hydrogen-bond acceptors (Lipinski definition) is 4. The maximum absolute atomic E-state index is 4.76. The summed E-state index contributed by atoms with van der Waals surface area (Å²) in [7, 11) is 2.18. The Morgan fingerprint density at radius 1 is 1.47 bits per heavy atom. The number of rotatable bonds is 3. The molecule has 1 unspecified atom stereocenters. The molecule has 1 fully saturated rings. The normalized spacial score (nSPS) is 22.0. The number of benzene rings is 1. The Morgan fingerprint density at radius 3 is 2.82 bits per heavy atom. The number of likely N-dealkylation sites (N-methyl/N-ethyl adjacent to an activating group) is 1. The van der Waals surface area contributed by atoms with Gasteiger partial charge in [0.15, 0.2) is 0 Å². The molecule has 2 rings (SSSR count). The van der Waals surface area contributed by atoms with Crippen LogP contribution in [-0.4, -0.2) is 47.5 Å². The zero-order chi connectivity index (χ0) is 12.1. The molecule has 1 saturated heterocycles. The lowest BCUT2D eigenvalue weighted by Gasteiger charge is -2.16. The second kappa shape index (κ2) is 6.47. The molecule has 2 nitrogen and oxygen atoms in total. The third-order valence-corrected chi connectivity index (χ3v) is 4.91. The molecule has 1 aliphatic rings. The van der Waals surface area contributed by atoms with E-state index in [4.69, 9.17) is 4.99 Å². The van der Waals surface area contributed by atoms with Crippen molar-refractivity contribution in [1.29, 1.82) is 0 Å². The Balaban J connectivity index is 2.03. The highest BCUT2D eigenvalue weighted by atomic mass is 32.2. The van der Waals surface area contributed by atoms with Crippen LogP contribution in [0.15, 0.2) is 35.3 Å². The van der Waals surface area contributed by atoms with Crippen molar-refractivity contribution in [2.24, 2.45) is 4.99 Å². The highest BCUT2D eigenvalue weighted by molar-refractivity contribution is 8.13. The van der Waals surface area contributed by atoms with Gasteiger partial charge in [-0.1, -0.05) is 30.3 Å². The van der Waals surface area contributed by atoms with Crippen LogP contribution in [0.1, 0.15) is 5.56 Å². The van der Waals surface area contributed by atoms with E-state index in [0.717, 1.165) is 11.6 Å². The summed E-state index contributed by atoms with van der Waals surface area (Å²) in [5, 5.41) is 1.70. The summed E-state index contributed by atoms with van der Waals surface area (Å²) >= 11 is 3.74. The highest BCUT2D eigenvalue weighted by Crippen LogP contribution is 2.22. The number of nitrogens with zero attached hydrogens (tertiary/aromatic N) is 2. The van der Waals surface area contributed by atoms with Gasteiger partial charge in [-0.3, -0.25) is 9.89 Å². The first-order valence-electron chi connectivity index (χ1n) is 5.77. The largest absolute Gasteiger partial charge is 0.292 e. The summed E-state index contributed by atoms with van der Waals surface area (Å²) in [6, 6.07) is 10.4. The van der Waals surface area contributed by atoms with E-state index in [2.05, 4.69) is 42.5 Å². The van der Waals surface area contributed by atoms with E-state index < -0.39 is 0 Å². The summed E-state index contributed by atoms with van der Waals surface area (Å²) in [5.74, 6) is 1.23. The van der Waals surface area contributed by atoms with E-state index in [0.29, 0.717) is 5.37 Å². The van der Waals surface area contributed by atoms with E-state index in [-0.39, 0.29) is 0 Å². The Morgan fingerprint density at radius 2 is 2.24 bits per heavy atom. The third kappa shape index (κ3) is 3.50. The SMILES string of the molecule is CSC(=NCC1SCCN1C)c1ccccc1. The second-order valence-corrected chi connectivity index (χ2v) is 6.10. The van der Waals surface area contributed by atoms with Gasteiger partial charge in [-0.05, 0) is 13.3 Å². The van der Waals surface area contributed by atoms with Crippen LogP contribution in [0.5, 0.6) is 0 Å². The van der Waals surface area contributed by atoms with Crippen LogP contribution in [0.2, 0.25) is 0 Å². The zero-order valence-corrected chi connectivity index (χ0v) is 11.9. The van der Waals surface area contributed by atoms with Crippen molar-refractivity contribution in [2.75, 3.05) is 32.1 Å². The molecule has 0 saturated carbocycles. The van der Waals surface area contributed by atoms with Gasteiger partial charge in [0.25, 0.3) is 0 Å². The molecule has 0 spiro atoms. The minimum Gasteiger partial charge on any atom is -0.292 e. The fourth-order valence-corrected chi connectivity index (χ4v) is 3.59. The number of thioether (sulfide) groups is 2. The van der Waals surface area contributed by atoms with Gasteiger partial charge in [0.2, 0.25) is 0 Å². The monoisotopic (exact) mass is 266 g/mol. The van der Waals surface area contributed by atoms with Crippen LogP contribution in [0.4, 0.5) is 0 Å². The van der Waals surface area contributed by atoms with Crippen molar-refractivity contribution in [1.82, 2.24) is 4.90 Å². The Hall–Kier alpha value is -0.450. The van der Waals surface area contributed by atoms with E-state index in [1.54, 1.807) is 11.8 Å². The average molecular weight is 266 g/mol. The van der Waals surface area contributed by atoms with Gasteiger partial charge in [0.1, 0.15) is 0 Å². The first-order chi connectivity index (χ1) is 8.31. The summed E-state index contributed by atoms with van der Waals surface area (Å²) in [6.07, 6.45) is 2.09. The molecule has 1 aromatic rings. The first-order valence-corrected chi connectivity index (χ1v) is 8.04. The van der Waals surface area contributed by atoms with Crippen molar-refractivity contribution in [3.8, 4) is 0 Å². The summed E-state index contributed by atoms with van der Waals surface area (Å²) < 4.78 is 0. The molecule has 0 N–H and O–H groups in total. The molecule has 1 aliphatic heterocycles. The minimum absolute atomic E-state index is 0.556. The Kier molecular flexibility index (Phi) is 4.95. The van der Waals surface area contributed by atoms with Crippen LogP contribution in [0.25, 0.3) is 0 Å². The van der Waals surface area contributed by atoms with Crippen LogP contribution >= 0.6 is 23.5 Å². The summed E-state index contributed by atoms with van der Waals surface area (Å²) in [4.78, 5) is 7.15. The third-order valence-electron chi connectivity index (χ3n) is 2.85. The van der Waals surface area contributed by atoms with Gasteiger partial charge in [0.05, 0.1) is 17.0 Å². The predicted molar refractivity (Wildman–Crippen MR) is 80.2 cm³/mol. The van der Waals surface area contributed by atoms with Crippen LogP contribution in [-0.2, 0) is 0 Å². The lowest BCUT2D eigenvalue weighted by Crippen LogP contribution is -2.26. The van der Waals surface area contributed by atoms with Crippen LogP contribution < -0.4 is 0 Å². The fourth-order valence-electron chi connectivity index (χ4n) is 1.81. The second-order valence-electron chi connectivity index (χ2n) is 4.02. The van der Waals surface area contributed by atoms with Gasteiger partial charge in [-0.25, -0.2) is 0 Å². The van der Waals surface area contributed by atoms with E-state index >= 15 is 0 Å². The maximum atomic E-state index is 4.76. The zero-order valence-electron chi connectivity index (χ0n) is 10.3. The minimum atomic E-state index is 0.556. The Bertz CT molecular complexity index is 378. The molecule has 92 valence electrons. The first kappa shape index (κ1) is 13.0. The standard InChI is InChI=1S/C13H18N2S2/c1-15-8-9-17-12(15)10-14-13(16-2)11-6-4-3-5-7-11/h3-7,12H,8-10H2,1-2H3. The molecule has 1 atom stereocenters. The molecule has 0 bridgehead atoms. The number of aliphatic imine (C=N–C) groups is 1. The highest BCUT2D eigenvalue weighted by Gasteiger charge is 2.20. The average Bonchev–Trinajstić information content (AvgIpc) is 2.77. The lowest BCUT2D eigenvalue weighted by molar-refractivity contribution is 0.357. The number of hydrogen-bond donors (Lipinski definition) is 0. The van der Waals surface area contributed by atoms with Crippen LogP contribution in [0.3, 0.4) is 0 Å². The van der Waals surface area contributed by atoms with Gasteiger partial charge in [-0.15, -0.1) is 23.5 Å². The molecule has 0 radical (unpaired) electrons. The molecule has 0 aromatic heterocycles. The molecular weight excluding hydrogens is 248 g/mol. The maximum Gasteiger partial charge on any atom is 0.0975 e. The van der Waals surface area contributed by atoms with Gasteiger partial charge in [0, 0.05) is 17.9 Å². The molecule has 1 aromatic carbocycles. The molecular formula is C13H18N2S2. The lowest BCUT2D eigenvalue weighted by atomic mass is 10.2. The topological polar surface area (TPSA) is 15.6 Å². The van der Waals surface area contributed by atoms with Crippen molar-refractivity contribution in [3.05, 3.63) is 35.9 Å². The Labute approximate surface area is 112 Å². The molecule has 0 aliphatic carbocycles. The molecule has 0 amide bonds. The van der Waals surface area contributed by atoms with Crippen molar-refractivity contribution in [2.45, 2.75) is 5.37 Å². The smallest absolute Gasteiger partial charge is 0.0975 e. The summed E-state index contributed by atoms with van der Waals surface area (Å²) in [6.45, 7) is 2.08. The predicted octanol–water partition coefficient (Wildman–Crippen LogP) is 2.80. The van der Waals surface area contributed by atoms with Crippen molar-refractivity contribution >= 4 is 28.6 Å². The van der Waals surface area contributed by atoms with Crippen molar-refractivity contribution in [3.63, 3.8) is 0 Å². The molecule has 1 heterocycles. The van der Waals surface area contributed by atoms with Gasteiger partial charge in [-0.2, -0.15) is 0 Å². The molecule has 17 heavy (non-hydrogen) atoms. The van der Waals surface area contributed by atoms with Gasteiger partial charge >= 0.3 is 0 Å². The molecule has 4 heteroatoms. The van der Waals surface area contributed by atoms with E-state index in [9.17, 15) is 0 Å². The van der Waals surface area contributed by atoms with Crippen molar-refractivity contribution < 1.29 is 0 Å². The fraction of sp³-hybridized carbons (Fsp3) is 0.462. The quantitative estimate of drug-likeness (QED) is 0.618.